The standard InChI is InChI=1S/C18H29ClN2O4S2/c1-7-14(17(22)20-10-11-26-18(2,3)4)21(27(6,23)24)15-12-13(19)8-9-16(15)25-5/h8-9,12,14H,7,10-11H2,1-6H3,(H,20,22)/t14-/m1/s1. The number of thioether (sulfide) groups is 1. The second-order valence-corrected chi connectivity index (χ2v) is 11.3. The molecule has 1 atom stereocenters. The van der Waals surface area contributed by atoms with Crippen molar-refractivity contribution in [2.75, 3.05) is 30.0 Å². The van der Waals surface area contributed by atoms with Crippen LogP contribution in [0.4, 0.5) is 5.69 Å². The van der Waals surface area contributed by atoms with E-state index in [2.05, 4.69) is 26.1 Å². The molecule has 1 amide bonds. The van der Waals surface area contributed by atoms with Crippen molar-refractivity contribution in [1.29, 1.82) is 0 Å². The highest BCUT2D eigenvalue weighted by Gasteiger charge is 2.33. The van der Waals surface area contributed by atoms with Gasteiger partial charge < -0.3 is 10.1 Å². The van der Waals surface area contributed by atoms with Gasteiger partial charge in [0.05, 0.1) is 19.1 Å². The predicted octanol–water partition coefficient (Wildman–Crippen LogP) is 3.54. The van der Waals surface area contributed by atoms with Gasteiger partial charge in [-0.1, -0.05) is 39.3 Å². The predicted molar refractivity (Wildman–Crippen MR) is 115 cm³/mol. The molecule has 1 aromatic carbocycles. The smallest absolute Gasteiger partial charge is 0.243 e. The molecule has 6 nitrogen and oxygen atoms in total. The van der Waals surface area contributed by atoms with Crippen LogP contribution < -0.4 is 14.4 Å². The third kappa shape index (κ3) is 7.43. The fourth-order valence-electron chi connectivity index (χ4n) is 2.52. The van der Waals surface area contributed by atoms with E-state index in [0.29, 0.717) is 23.7 Å². The Kier molecular flexibility index (Phi) is 8.76. The number of benzene rings is 1. The molecule has 0 radical (unpaired) electrons. The Morgan fingerprint density at radius 2 is 2.00 bits per heavy atom. The Hall–Kier alpha value is -1.12. The van der Waals surface area contributed by atoms with Crippen molar-refractivity contribution in [2.45, 2.75) is 44.9 Å². The van der Waals surface area contributed by atoms with Gasteiger partial charge in [0.1, 0.15) is 11.8 Å². The molecule has 154 valence electrons. The van der Waals surface area contributed by atoms with E-state index >= 15 is 0 Å². The highest BCUT2D eigenvalue weighted by atomic mass is 35.5. The third-order valence-electron chi connectivity index (χ3n) is 3.64. The fourth-order valence-corrected chi connectivity index (χ4v) is 4.71. The zero-order valence-electron chi connectivity index (χ0n) is 16.7. The summed E-state index contributed by atoms with van der Waals surface area (Å²) >= 11 is 7.79. The minimum Gasteiger partial charge on any atom is -0.495 e. The number of rotatable bonds is 9. The van der Waals surface area contributed by atoms with Gasteiger partial charge in [-0.05, 0) is 24.6 Å². The molecule has 0 fully saturated rings. The van der Waals surface area contributed by atoms with Gasteiger partial charge in [-0.15, -0.1) is 0 Å². The number of nitrogens with zero attached hydrogens (tertiary/aromatic N) is 1. The summed E-state index contributed by atoms with van der Waals surface area (Å²) in [6.45, 7) is 8.53. The Balaban J connectivity index is 3.11. The second-order valence-electron chi connectivity index (χ2n) is 7.05. The first-order valence-electron chi connectivity index (χ1n) is 8.65. The molecule has 0 unspecified atom stereocenters. The average molecular weight is 437 g/mol. The summed E-state index contributed by atoms with van der Waals surface area (Å²) in [5.74, 6) is 0.726. The number of methoxy groups -OCH3 is 1. The largest absolute Gasteiger partial charge is 0.495 e. The number of nitrogens with one attached hydrogen (secondary N) is 1. The van der Waals surface area contributed by atoms with Gasteiger partial charge in [0.15, 0.2) is 0 Å². The normalized spacial score (nSPS) is 13.1. The van der Waals surface area contributed by atoms with E-state index in [-0.39, 0.29) is 16.3 Å². The molecule has 1 rings (SSSR count). The van der Waals surface area contributed by atoms with Gasteiger partial charge in [0.25, 0.3) is 0 Å². The summed E-state index contributed by atoms with van der Waals surface area (Å²) < 4.78 is 31.5. The van der Waals surface area contributed by atoms with Gasteiger partial charge in [-0.3, -0.25) is 9.10 Å². The molecule has 0 aliphatic heterocycles. The van der Waals surface area contributed by atoms with Crippen molar-refractivity contribution >= 4 is 45.0 Å². The molecule has 0 heterocycles. The summed E-state index contributed by atoms with van der Waals surface area (Å²) in [6.07, 6.45) is 1.37. The maximum atomic E-state index is 12.7. The monoisotopic (exact) mass is 436 g/mol. The van der Waals surface area contributed by atoms with Crippen LogP contribution in [-0.4, -0.2) is 50.8 Å². The van der Waals surface area contributed by atoms with E-state index in [1.54, 1.807) is 30.8 Å². The number of carbonyl (C=O) groups excluding carboxylic acids is 1. The number of ether oxygens (including phenoxy) is 1. The summed E-state index contributed by atoms with van der Waals surface area (Å²) in [5, 5.41) is 3.20. The Labute approximate surface area is 172 Å². The molecule has 0 saturated heterocycles. The van der Waals surface area contributed by atoms with Crippen LogP contribution in [0.1, 0.15) is 34.1 Å². The number of hydrogen-bond donors (Lipinski definition) is 1. The van der Waals surface area contributed by atoms with E-state index < -0.39 is 16.1 Å². The van der Waals surface area contributed by atoms with E-state index in [0.717, 1.165) is 16.3 Å². The lowest BCUT2D eigenvalue weighted by Gasteiger charge is -2.31. The summed E-state index contributed by atoms with van der Waals surface area (Å²) in [6, 6.07) is 3.79. The highest BCUT2D eigenvalue weighted by molar-refractivity contribution is 8.00. The van der Waals surface area contributed by atoms with Gasteiger partial charge in [0.2, 0.25) is 15.9 Å². The topological polar surface area (TPSA) is 75.7 Å². The van der Waals surface area contributed by atoms with Crippen LogP contribution in [0, 0.1) is 0 Å². The number of carbonyl (C=O) groups is 1. The Morgan fingerprint density at radius 1 is 1.37 bits per heavy atom. The lowest BCUT2D eigenvalue weighted by atomic mass is 10.2. The SMILES string of the molecule is CC[C@H](C(=O)NCCSC(C)(C)C)N(c1cc(Cl)ccc1OC)S(C)(=O)=O. The van der Waals surface area contributed by atoms with Crippen LogP contribution in [-0.2, 0) is 14.8 Å². The van der Waals surface area contributed by atoms with E-state index in [4.69, 9.17) is 16.3 Å². The average Bonchev–Trinajstić information content (AvgIpc) is 2.54. The number of hydrogen-bond acceptors (Lipinski definition) is 5. The molecule has 0 aliphatic carbocycles. The number of sulfonamides is 1. The highest BCUT2D eigenvalue weighted by Crippen LogP contribution is 2.34. The van der Waals surface area contributed by atoms with Crippen molar-refractivity contribution in [3.63, 3.8) is 0 Å². The van der Waals surface area contributed by atoms with Crippen LogP contribution in [0.15, 0.2) is 18.2 Å². The Morgan fingerprint density at radius 3 is 2.48 bits per heavy atom. The minimum atomic E-state index is -3.75. The molecular weight excluding hydrogens is 408 g/mol. The molecule has 1 N–H and O–H groups in total. The molecule has 9 heteroatoms. The first kappa shape index (κ1) is 23.9. The number of halogens is 1. The summed E-state index contributed by atoms with van der Waals surface area (Å²) in [5.41, 5.74) is 0.249. The third-order valence-corrected chi connectivity index (χ3v) is 6.32. The molecule has 0 saturated carbocycles. The summed E-state index contributed by atoms with van der Waals surface area (Å²) in [4.78, 5) is 12.7. The van der Waals surface area contributed by atoms with Crippen molar-refractivity contribution in [3.8, 4) is 5.75 Å². The first-order valence-corrected chi connectivity index (χ1v) is 11.9. The van der Waals surface area contributed by atoms with Crippen LogP contribution in [0.25, 0.3) is 0 Å². The van der Waals surface area contributed by atoms with Crippen molar-refractivity contribution in [1.82, 2.24) is 5.32 Å². The molecule has 1 aromatic rings. The number of amides is 1. The fraction of sp³-hybridized carbons (Fsp3) is 0.611. The van der Waals surface area contributed by atoms with Crippen LogP contribution >= 0.6 is 23.4 Å². The van der Waals surface area contributed by atoms with Gasteiger partial charge >= 0.3 is 0 Å². The van der Waals surface area contributed by atoms with Crippen molar-refractivity contribution in [2.24, 2.45) is 0 Å². The summed E-state index contributed by atoms with van der Waals surface area (Å²) in [7, 11) is -2.31. The first-order chi connectivity index (χ1) is 12.4. The maximum absolute atomic E-state index is 12.7. The van der Waals surface area contributed by atoms with Crippen molar-refractivity contribution < 1.29 is 17.9 Å². The second kappa shape index (κ2) is 9.89. The maximum Gasteiger partial charge on any atom is 0.243 e. The molecule has 0 aromatic heterocycles. The lowest BCUT2D eigenvalue weighted by Crippen LogP contribution is -2.49. The lowest BCUT2D eigenvalue weighted by molar-refractivity contribution is -0.122. The molecule has 27 heavy (non-hydrogen) atoms. The van der Waals surface area contributed by atoms with E-state index in [9.17, 15) is 13.2 Å². The van der Waals surface area contributed by atoms with Crippen molar-refractivity contribution in [3.05, 3.63) is 23.2 Å². The van der Waals surface area contributed by atoms with Gasteiger partial charge in [-0.25, -0.2) is 8.42 Å². The van der Waals surface area contributed by atoms with Gasteiger partial charge in [-0.2, -0.15) is 11.8 Å². The minimum absolute atomic E-state index is 0.0990. The zero-order valence-corrected chi connectivity index (χ0v) is 19.1. The van der Waals surface area contributed by atoms with Crippen LogP contribution in [0.5, 0.6) is 5.75 Å². The van der Waals surface area contributed by atoms with E-state index in [1.165, 1.54) is 13.2 Å². The molecule has 0 bridgehead atoms. The molecule has 0 spiro atoms. The molecule has 0 aliphatic rings. The van der Waals surface area contributed by atoms with E-state index in [1.807, 2.05) is 0 Å². The van der Waals surface area contributed by atoms with Crippen LogP contribution in [0.2, 0.25) is 5.02 Å². The molecular formula is C18H29ClN2O4S2. The van der Waals surface area contributed by atoms with Crippen LogP contribution in [0.3, 0.4) is 0 Å². The van der Waals surface area contributed by atoms with Gasteiger partial charge in [0, 0.05) is 22.1 Å². The Bertz CT molecular complexity index is 748. The quantitative estimate of drug-likeness (QED) is 0.599. The number of anilines is 1. The zero-order chi connectivity index (χ0) is 20.8.